The van der Waals surface area contributed by atoms with E-state index in [1.807, 2.05) is 19.1 Å². The smallest absolute Gasteiger partial charge is 0.338 e. The molecule has 7 heteroatoms. The summed E-state index contributed by atoms with van der Waals surface area (Å²) in [5.41, 5.74) is 3.32. The molecule has 0 aliphatic carbocycles. The van der Waals surface area contributed by atoms with E-state index in [4.69, 9.17) is 14.2 Å². The van der Waals surface area contributed by atoms with Crippen LogP contribution in [-0.4, -0.2) is 55.2 Å². The van der Waals surface area contributed by atoms with E-state index in [2.05, 4.69) is 29.0 Å². The molecule has 0 saturated carbocycles. The molecule has 0 aliphatic heterocycles. The zero-order chi connectivity index (χ0) is 19.1. The lowest BCUT2D eigenvalue weighted by Gasteiger charge is -2.15. The second-order valence-corrected chi connectivity index (χ2v) is 6.39. The number of nitrogens with one attached hydrogen (secondary N) is 1. The van der Waals surface area contributed by atoms with Gasteiger partial charge in [0.15, 0.2) is 5.82 Å². The number of benzene rings is 1. The van der Waals surface area contributed by atoms with Crippen LogP contribution < -0.4 is 0 Å². The van der Waals surface area contributed by atoms with Crippen molar-refractivity contribution in [2.45, 2.75) is 33.1 Å². The molecule has 2 rings (SSSR count). The van der Waals surface area contributed by atoms with Gasteiger partial charge in [0.05, 0.1) is 18.8 Å². The van der Waals surface area contributed by atoms with Gasteiger partial charge in [0.1, 0.15) is 12.4 Å². The molecule has 2 aromatic rings. The molecular formula is C19H27N3O4. The summed E-state index contributed by atoms with van der Waals surface area (Å²) < 4.78 is 15.3. The van der Waals surface area contributed by atoms with Crippen LogP contribution in [0.2, 0.25) is 0 Å². The number of hydrogen-bond donors (Lipinski definition) is 1. The molecule has 0 fully saturated rings. The topological polar surface area (TPSA) is 86.3 Å². The number of carbonyl (C=O) groups excluding carboxylic acids is 1. The third-order valence-corrected chi connectivity index (χ3v) is 4.07. The first-order chi connectivity index (χ1) is 12.5. The summed E-state index contributed by atoms with van der Waals surface area (Å²) in [5, 5.41) is 7.26. The van der Waals surface area contributed by atoms with Crippen LogP contribution in [0, 0.1) is 6.92 Å². The number of methoxy groups -OCH3 is 2. The molecule has 0 aliphatic rings. The number of carbonyl (C=O) groups is 1. The molecule has 0 radical (unpaired) electrons. The summed E-state index contributed by atoms with van der Waals surface area (Å²) in [7, 11) is 3.22. The van der Waals surface area contributed by atoms with Gasteiger partial charge in [0, 0.05) is 26.2 Å². The molecule has 0 atom stereocenters. The van der Waals surface area contributed by atoms with Gasteiger partial charge in [0.2, 0.25) is 0 Å². The molecule has 1 aromatic heterocycles. The SMILES string of the molecule is COCCOC(=O)c1cc(-c2n[nH]c(CCOC)n2)c(C(C)C)cc1C. The Morgan fingerprint density at radius 1 is 1.15 bits per heavy atom. The molecule has 0 unspecified atom stereocenters. The second-order valence-electron chi connectivity index (χ2n) is 6.39. The van der Waals surface area contributed by atoms with Crippen molar-refractivity contribution in [1.82, 2.24) is 15.2 Å². The van der Waals surface area contributed by atoms with Gasteiger partial charge >= 0.3 is 5.97 Å². The van der Waals surface area contributed by atoms with Crippen molar-refractivity contribution in [1.29, 1.82) is 0 Å². The highest BCUT2D eigenvalue weighted by atomic mass is 16.6. The number of ether oxygens (including phenoxy) is 3. The number of hydrogen-bond acceptors (Lipinski definition) is 6. The molecule has 0 saturated heterocycles. The van der Waals surface area contributed by atoms with Crippen LogP contribution in [-0.2, 0) is 20.6 Å². The molecule has 142 valence electrons. The fourth-order valence-corrected chi connectivity index (χ4v) is 2.64. The lowest BCUT2D eigenvalue weighted by atomic mass is 9.92. The highest BCUT2D eigenvalue weighted by Crippen LogP contribution is 2.30. The normalized spacial score (nSPS) is 11.2. The number of rotatable bonds is 9. The highest BCUT2D eigenvalue weighted by molar-refractivity contribution is 5.93. The van der Waals surface area contributed by atoms with Crippen molar-refractivity contribution in [3.63, 3.8) is 0 Å². The Balaban J connectivity index is 2.37. The molecule has 0 amide bonds. The van der Waals surface area contributed by atoms with Crippen molar-refractivity contribution >= 4 is 5.97 Å². The van der Waals surface area contributed by atoms with E-state index in [1.165, 1.54) is 0 Å². The maximum atomic E-state index is 12.4. The van der Waals surface area contributed by atoms with Gasteiger partial charge in [0.25, 0.3) is 0 Å². The number of aromatic nitrogens is 3. The van der Waals surface area contributed by atoms with E-state index in [0.29, 0.717) is 31.0 Å². The van der Waals surface area contributed by atoms with Crippen molar-refractivity contribution in [2.75, 3.05) is 34.0 Å². The van der Waals surface area contributed by atoms with E-state index in [-0.39, 0.29) is 18.5 Å². The van der Waals surface area contributed by atoms with Crippen LogP contribution in [0.1, 0.15) is 47.1 Å². The van der Waals surface area contributed by atoms with E-state index in [1.54, 1.807) is 14.2 Å². The summed E-state index contributed by atoms with van der Waals surface area (Å²) in [6.07, 6.45) is 0.651. The molecule has 0 bridgehead atoms. The van der Waals surface area contributed by atoms with Crippen LogP contribution in [0.4, 0.5) is 0 Å². The average molecular weight is 361 g/mol. The van der Waals surface area contributed by atoms with Crippen LogP contribution >= 0.6 is 0 Å². The predicted octanol–water partition coefficient (Wildman–Crippen LogP) is 2.90. The molecule has 7 nitrogen and oxygen atoms in total. The van der Waals surface area contributed by atoms with E-state index in [9.17, 15) is 4.79 Å². The standard InChI is InChI=1S/C19H27N3O4/c1-12(2)14-10-13(3)15(19(23)26-9-8-25-5)11-16(14)18-20-17(21-22-18)6-7-24-4/h10-12H,6-9H2,1-5H3,(H,20,21,22). The summed E-state index contributed by atoms with van der Waals surface area (Å²) >= 11 is 0. The van der Waals surface area contributed by atoms with Gasteiger partial charge in [-0.25, -0.2) is 9.78 Å². The Hall–Kier alpha value is -2.25. The maximum absolute atomic E-state index is 12.4. The Morgan fingerprint density at radius 3 is 2.54 bits per heavy atom. The summed E-state index contributed by atoms with van der Waals surface area (Å²) in [6.45, 7) is 7.27. The molecular weight excluding hydrogens is 334 g/mol. The van der Waals surface area contributed by atoms with Crippen molar-refractivity contribution in [3.8, 4) is 11.4 Å². The van der Waals surface area contributed by atoms with Gasteiger partial charge in [-0.15, -0.1) is 0 Å². The molecule has 0 spiro atoms. The van der Waals surface area contributed by atoms with Crippen molar-refractivity contribution < 1.29 is 19.0 Å². The lowest BCUT2D eigenvalue weighted by Crippen LogP contribution is -2.12. The van der Waals surface area contributed by atoms with Crippen molar-refractivity contribution in [3.05, 3.63) is 34.6 Å². The number of aryl methyl sites for hydroxylation is 1. The summed E-state index contributed by atoms with van der Waals surface area (Å²) in [5.74, 6) is 1.22. The van der Waals surface area contributed by atoms with Gasteiger partial charge in [-0.2, -0.15) is 5.10 Å². The summed E-state index contributed by atoms with van der Waals surface area (Å²) in [4.78, 5) is 17.0. The monoisotopic (exact) mass is 361 g/mol. The Kier molecular flexibility index (Phi) is 7.29. The minimum atomic E-state index is -0.369. The van der Waals surface area contributed by atoms with Gasteiger partial charge in [-0.3, -0.25) is 5.10 Å². The van der Waals surface area contributed by atoms with Crippen LogP contribution in [0.25, 0.3) is 11.4 Å². The number of H-pyrrole nitrogens is 1. The maximum Gasteiger partial charge on any atom is 0.338 e. The Labute approximate surface area is 154 Å². The molecule has 1 aromatic carbocycles. The highest BCUT2D eigenvalue weighted by Gasteiger charge is 2.19. The van der Waals surface area contributed by atoms with Gasteiger partial charge in [-0.1, -0.05) is 19.9 Å². The quantitative estimate of drug-likeness (QED) is 0.546. The Bertz CT molecular complexity index is 740. The molecule has 1 heterocycles. The average Bonchev–Trinajstić information content (AvgIpc) is 3.08. The Morgan fingerprint density at radius 2 is 1.88 bits per heavy atom. The third kappa shape index (κ3) is 4.89. The number of aromatic amines is 1. The second kappa shape index (κ2) is 9.45. The van der Waals surface area contributed by atoms with E-state index >= 15 is 0 Å². The minimum Gasteiger partial charge on any atom is -0.460 e. The van der Waals surface area contributed by atoms with Crippen LogP contribution in [0.15, 0.2) is 12.1 Å². The van der Waals surface area contributed by atoms with Gasteiger partial charge in [-0.05, 0) is 30.0 Å². The summed E-state index contributed by atoms with van der Waals surface area (Å²) in [6, 6.07) is 3.83. The fourth-order valence-electron chi connectivity index (χ4n) is 2.64. The number of esters is 1. The first-order valence-electron chi connectivity index (χ1n) is 8.69. The van der Waals surface area contributed by atoms with E-state index in [0.717, 1.165) is 22.5 Å². The molecule has 26 heavy (non-hydrogen) atoms. The third-order valence-electron chi connectivity index (χ3n) is 4.07. The van der Waals surface area contributed by atoms with Crippen LogP contribution in [0.5, 0.6) is 0 Å². The zero-order valence-corrected chi connectivity index (χ0v) is 16.1. The first kappa shape index (κ1) is 20.1. The minimum absolute atomic E-state index is 0.220. The fraction of sp³-hybridized carbons (Fsp3) is 0.526. The zero-order valence-electron chi connectivity index (χ0n) is 16.1. The van der Waals surface area contributed by atoms with Crippen LogP contribution in [0.3, 0.4) is 0 Å². The van der Waals surface area contributed by atoms with Gasteiger partial charge < -0.3 is 14.2 Å². The number of nitrogens with zero attached hydrogens (tertiary/aromatic N) is 2. The van der Waals surface area contributed by atoms with E-state index < -0.39 is 0 Å². The largest absolute Gasteiger partial charge is 0.460 e. The first-order valence-corrected chi connectivity index (χ1v) is 8.69. The predicted molar refractivity (Wildman–Crippen MR) is 98.4 cm³/mol. The molecule has 1 N–H and O–H groups in total. The lowest BCUT2D eigenvalue weighted by molar-refractivity contribution is 0.0387. The van der Waals surface area contributed by atoms with Crippen molar-refractivity contribution in [2.24, 2.45) is 0 Å².